The van der Waals surface area contributed by atoms with Crippen LogP contribution in [0.1, 0.15) is 26.5 Å². The van der Waals surface area contributed by atoms with E-state index in [1.54, 1.807) is 7.11 Å². The fraction of sp³-hybridized carbons (Fsp3) is 0.429. The van der Waals surface area contributed by atoms with Crippen LogP contribution >= 0.6 is 0 Å². The summed E-state index contributed by atoms with van der Waals surface area (Å²) in [5, 5.41) is 18.8. The average Bonchev–Trinajstić information content (AvgIpc) is 2.77. The van der Waals surface area contributed by atoms with Crippen LogP contribution in [0.2, 0.25) is 0 Å². The first-order valence-corrected chi connectivity index (χ1v) is 6.38. The second-order valence-corrected chi connectivity index (χ2v) is 5.52. The van der Waals surface area contributed by atoms with E-state index in [9.17, 15) is 5.11 Å². The van der Waals surface area contributed by atoms with Crippen LogP contribution in [0.15, 0.2) is 28.8 Å². The minimum absolute atomic E-state index is 0.0958. The van der Waals surface area contributed by atoms with Gasteiger partial charge in [0.25, 0.3) is 5.69 Å². The number of methoxy groups -OCH3 is 1. The number of ether oxygens (including phenoxy) is 1. The number of aromatic nitrogens is 2. The monoisotopic (exact) mass is 277 g/mol. The molecule has 0 saturated carbocycles. The predicted octanol–water partition coefficient (Wildman–Crippen LogP) is 0.922. The maximum Gasteiger partial charge on any atom is 0.253 e. The molecule has 6 nitrogen and oxygen atoms in total. The van der Waals surface area contributed by atoms with E-state index in [0.29, 0.717) is 12.2 Å². The van der Waals surface area contributed by atoms with Crippen molar-refractivity contribution in [3.05, 3.63) is 30.0 Å². The maximum atomic E-state index is 11.7. The number of benzene rings is 1. The van der Waals surface area contributed by atoms with Crippen molar-refractivity contribution in [2.75, 3.05) is 7.11 Å². The third-order valence-electron chi connectivity index (χ3n) is 2.80. The molecule has 2 rings (SSSR count). The summed E-state index contributed by atoms with van der Waals surface area (Å²) >= 11 is 0. The van der Waals surface area contributed by atoms with Gasteiger partial charge in [-0.25, -0.2) is 0 Å². The molecule has 0 atom stereocenters. The summed E-state index contributed by atoms with van der Waals surface area (Å²) in [4.78, 5) is 0. The molecule has 0 unspecified atom stereocenters. The number of nitrogens with zero attached hydrogens (tertiary/aromatic N) is 2. The largest absolute Gasteiger partial charge is 0.539 e. The van der Waals surface area contributed by atoms with E-state index in [-0.39, 0.29) is 5.54 Å². The zero-order valence-electron chi connectivity index (χ0n) is 12.1. The highest BCUT2D eigenvalue weighted by atomic mass is 16.6. The minimum atomic E-state index is -0.433. The Balaban J connectivity index is 2.27. The fourth-order valence-electron chi connectivity index (χ4n) is 1.69. The molecule has 0 bridgehead atoms. The van der Waals surface area contributed by atoms with E-state index in [1.165, 1.54) is 4.68 Å². The van der Waals surface area contributed by atoms with Crippen LogP contribution in [0, 0.1) is 0 Å². The molecule has 0 saturated heterocycles. The van der Waals surface area contributed by atoms with Gasteiger partial charge in [0.15, 0.2) is 5.95 Å². The van der Waals surface area contributed by atoms with E-state index < -0.39 is 5.95 Å². The Morgan fingerprint density at radius 3 is 2.50 bits per heavy atom. The molecule has 108 valence electrons. The van der Waals surface area contributed by atoms with Gasteiger partial charge in [0.05, 0.1) is 18.9 Å². The molecular weight excluding hydrogens is 258 g/mol. The first-order valence-electron chi connectivity index (χ1n) is 6.38. The molecule has 1 aromatic carbocycles. The van der Waals surface area contributed by atoms with Gasteiger partial charge in [0.2, 0.25) is 5.69 Å². The molecule has 0 spiro atoms. The highest BCUT2D eigenvalue weighted by molar-refractivity contribution is 5.31. The van der Waals surface area contributed by atoms with Gasteiger partial charge >= 0.3 is 0 Å². The van der Waals surface area contributed by atoms with Crippen LogP contribution in [0.4, 0.5) is 0 Å². The lowest BCUT2D eigenvalue weighted by molar-refractivity contribution is -0.677. The summed E-state index contributed by atoms with van der Waals surface area (Å²) in [5.41, 5.74) is 1.12. The van der Waals surface area contributed by atoms with E-state index in [1.807, 2.05) is 45.0 Å². The Kier molecular flexibility index (Phi) is 3.94. The Labute approximate surface area is 117 Å². The highest BCUT2D eigenvalue weighted by Crippen LogP contribution is 2.15. The minimum Gasteiger partial charge on any atom is -0.539 e. The molecule has 6 heteroatoms. The number of hydrogen-bond donors (Lipinski definition) is 1. The third-order valence-corrected chi connectivity index (χ3v) is 2.80. The molecule has 0 aliphatic rings. The Hall–Kier alpha value is -2.08. The first-order chi connectivity index (χ1) is 9.40. The van der Waals surface area contributed by atoms with Crippen molar-refractivity contribution < 1.29 is 19.0 Å². The van der Waals surface area contributed by atoms with Gasteiger partial charge in [-0.15, -0.1) is 0 Å². The SMILES string of the molecule is COc1ccc(-[n+]2noc([O-])c2CNC(C)(C)C)cc1. The molecule has 0 radical (unpaired) electrons. The number of hydrogen-bond acceptors (Lipinski definition) is 5. The van der Waals surface area contributed by atoms with Crippen LogP contribution in [-0.4, -0.2) is 17.9 Å². The van der Waals surface area contributed by atoms with Gasteiger partial charge in [0, 0.05) is 17.7 Å². The standard InChI is InChI=1S/C14H19N3O3/c1-14(2,3)15-9-12-13(18)20-16-17(12)10-5-7-11(19-4)8-6-10/h5-8,15H,9H2,1-4H3. The van der Waals surface area contributed by atoms with Crippen LogP contribution in [0.5, 0.6) is 11.7 Å². The average molecular weight is 277 g/mol. The first kappa shape index (κ1) is 14.3. The zero-order valence-corrected chi connectivity index (χ0v) is 12.1. The summed E-state index contributed by atoms with van der Waals surface area (Å²) in [6, 6.07) is 7.26. The van der Waals surface area contributed by atoms with Crippen LogP contribution < -0.4 is 19.8 Å². The van der Waals surface area contributed by atoms with Gasteiger partial charge in [-0.2, -0.15) is 0 Å². The molecule has 0 aliphatic heterocycles. The normalized spacial score (nSPS) is 11.6. The lowest BCUT2D eigenvalue weighted by Crippen LogP contribution is -2.42. The van der Waals surface area contributed by atoms with Crippen molar-refractivity contribution in [1.29, 1.82) is 0 Å². The summed E-state index contributed by atoms with van der Waals surface area (Å²) in [7, 11) is 1.60. The second-order valence-electron chi connectivity index (χ2n) is 5.52. The molecule has 0 amide bonds. The molecule has 1 heterocycles. The molecule has 2 aromatic rings. The molecule has 0 fully saturated rings. The van der Waals surface area contributed by atoms with Gasteiger partial charge in [0.1, 0.15) is 5.75 Å². The van der Waals surface area contributed by atoms with E-state index in [0.717, 1.165) is 11.4 Å². The van der Waals surface area contributed by atoms with Crippen LogP contribution in [0.3, 0.4) is 0 Å². The van der Waals surface area contributed by atoms with Crippen molar-refractivity contribution in [2.45, 2.75) is 32.9 Å². The fourth-order valence-corrected chi connectivity index (χ4v) is 1.69. The molecule has 1 N–H and O–H groups in total. The molecule has 1 aromatic heterocycles. The Morgan fingerprint density at radius 2 is 1.95 bits per heavy atom. The summed E-state index contributed by atoms with van der Waals surface area (Å²) in [6.45, 7) is 6.48. The lowest BCUT2D eigenvalue weighted by atomic mass is 10.1. The van der Waals surface area contributed by atoms with Crippen LogP contribution in [-0.2, 0) is 6.54 Å². The second kappa shape index (κ2) is 5.50. The van der Waals surface area contributed by atoms with Crippen LogP contribution in [0.25, 0.3) is 5.69 Å². The lowest BCUT2D eigenvalue weighted by Gasteiger charge is -2.19. The number of rotatable bonds is 4. The van der Waals surface area contributed by atoms with E-state index in [2.05, 4.69) is 10.6 Å². The summed E-state index contributed by atoms with van der Waals surface area (Å²) in [5.74, 6) is 0.312. The number of nitrogens with one attached hydrogen (secondary N) is 1. The topological polar surface area (TPSA) is 74.2 Å². The van der Waals surface area contributed by atoms with Gasteiger partial charge < -0.3 is 19.7 Å². The van der Waals surface area contributed by atoms with Crippen molar-refractivity contribution in [1.82, 2.24) is 10.6 Å². The molecular formula is C14H19N3O3. The van der Waals surface area contributed by atoms with Gasteiger partial charge in [-0.3, -0.25) is 0 Å². The summed E-state index contributed by atoms with van der Waals surface area (Å²) in [6.07, 6.45) is 0. The predicted molar refractivity (Wildman–Crippen MR) is 70.6 cm³/mol. The van der Waals surface area contributed by atoms with E-state index >= 15 is 0 Å². The third kappa shape index (κ3) is 3.27. The van der Waals surface area contributed by atoms with Gasteiger partial charge in [-0.1, -0.05) is 0 Å². The maximum absolute atomic E-state index is 11.7. The Morgan fingerprint density at radius 1 is 1.30 bits per heavy atom. The van der Waals surface area contributed by atoms with Crippen molar-refractivity contribution in [3.8, 4) is 17.4 Å². The smallest absolute Gasteiger partial charge is 0.253 e. The van der Waals surface area contributed by atoms with E-state index in [4.69, 9.17) is 9.26 Å². The van der Waals surface area contributed by atoms with Crippen molar-refractivity contribution >= 4 is 0 Å². The zero-order chi connectivity index (χ0) is 14.8. The van der Waals surface area contributed by atoms with Gasteiger partial charge in [-0.05, 0) is 37.6 Å². The van der Waals surface area contributed by atoms with Crippen molar-refractivity contribution in [2.24, 2.45) is 0 Å². The quantitative estimate of drug-likeness (QED) is 0.841. The van der Waals surface area contributed by atoms with Crippen molar-refractivity contribution in [3.63, 3.8) is 0 Å². The highest BCUT2D eigenvalue weighted by Gasteiger charge is 2.22. The summed E-state index contributed by atoms with van der Waals surface area (Å²) < 4.78 is 11.4. The Bertz CT molecular complexity index is 570. The molecule has 0 aliphatic carbocycles. The molecule has 20 heavy (non-hydrogen) atoms.